The highest BCUT2D eigenvalue weighted by Gasteiger charge is 2.32. The lowest BCUT2D eigenvalue weighted by Gasteiger charge is -2.39. The zero-order valence-corrected chi connectivity index (χ0v) is 12.1. The summed E-state index contributed by atoms with van der Waals surface area (Å²) in [6, 6.07) is 0.159. The fourth-order valence-corrected chi connectivity index (χ4v) is 5.02. The van der Waals surface area contributed by atoms with E-state index in [2.05, 4.69) is 4.90 Å². The van der Waals surface area contributed by atoms with Gasteiger partial charge in [-0.1, -0.05) is 0 Å². The molecular formula is C13H23NO4S. The fraction of sp³-hybridized carbons (Fsp3) is 0.923. The number of hydrogen-bond donors (Lipinski definition) is 1. The van der Waals surface area contributed by atoms with Crippen molar-refractivity contribution in [2.45, 2.75) is 44.6 Å². The van der Waals surface area contributed by atoms with E-state index in [1.165, 1.54) is 0 Å². The molecule has 0 aliphatic carbocycles. The van der Waals surface area contributed by atoms with Crippen molar-refractivity contribution >= 4 is 15.8 Å². The van der Waals surface area contributed by atoms with Gasteiger partial charge in [-0.15, -0.1) is 0 Å². The number of likely N-dealkylation sites (tertiary alicyclic amines) is 1. The van der Waals surface area contributed by atoms with Crippen molar-refractivity contribution in [1.82, 2.24) is 4.90 Å². The van der Waals surface area contributed by atoms with Crippen LogP contribution in [-0.2, 0) is 14.6 Å². The largest absolute Gasteiger partial charge is 0.481 e. The van der Waals surface area contributed by atoms with Crippen LogP contribution in [0.3, 0.4) is 0 Å². The second-order valence-corrected chi connectivity index (χ2v) is 8.07. The van der Waals surface area contributed by atoms with Crippen LogP contribution < -0.4 is 0 Å². The Bertz CT molecular complexity index is 420. The minimum Gasteiger partial charge on any atom is -0.481 e. The molecule has 5 nitrogen and oxygen atoms in total. The zero-order chi connectivity index (χ0) is 13.9. The Morgan fingerprint density at radius 2 is 2.05 bits per heavy atom. The van der Waals surface area contributed by atoms with Crippen LogP contribution in [0.2, 0.25) is 0 Å². The first-order valence-electron chi connectivity index (χ1n) is 7.12. The smallest absolute Gasteiger partial charge is 0.303 e. The number of carboxylic acids is 1. The molecule has 6 heteroatoms. The summed E-state index contributed by atoms with van der Waals surface area (Å²) in [5, 5.41) is 8.73. The van der Waals surface area contributed by atoms with E-state index in [9.17, 15) is 13.2 Å². The standard InChI is InChI=1S/C13H23NO4S/c15-13(16)6-5-11-3-1-7-14(9-11)12-4-2-8-19(17,18)10-12/h11-12H,1-10H2,(H,15,16). The Morgan fingerprint density at radius 3 is 2.74 bits per heavy atom. The number of nitrogens with zero attached hydrogens (tertiary/aromatic N) is 1. The van der Waals surface area contributed by atoms with Crippen LogP contribution in [0.1, 0.15) is 38.5 Å². The molecule has 2 rings (SSSR count). The number of carboxylic acid groups (broad SMARTS) is 1. The minimum atomic E-state index is -2.86. The average molecular weight is 289 g/mol. The summed E-state index contributed by atoms with van der Waals surface area (Å²) in [4.78, 5) is 12.9. The summed E-state index contributed by atoms with van der Waals surface area (Å²) in [5.74, 6) is 0.296. The van der Waals surface area contributed by atoms with Gasteiger partial charge in [0.25, 0.3) is 0 Å². The van der Waals surface area contributed by atoms with Gasteiger partial charge in [-0.3, -0.25) is 9.69 Å². The van der Waals surface area contributed by atoms with Crippen LogP contribution >= 0.6 is 0 Å². The van der Waals surface area contributed by atoms with E-state index in [0.29, 0.717) is 23.8 Å². The Morgan fingerprint density at radius 1 is 1.26 bits per heavy atom. The van der Waals surface area contributed by atoms with Crippen LogP contribution in [-0.4, -0.2) is 55.0 Å². The van der Waals surface area contributed by atoms with Gasteiger partial charge in [-0.25, -0.2) is 8.42 Å². The average Bonchev–Trinajstić information content (AvgIpc) is 2.35. The number of hydrogen-bond acceptors (Lipinski definition) is 4. The molecule has 110 valence electrons. The molecule has 2 unspecified atom stereocenters. The molecule has 0 bridgehead atoms. The molecule has 0 aromatic carbocycles. The topological polar surface area (TPSA) is 74.7 Å². The summed E-state index contributed by atoms with van der Waals surface area (Å²) in [5.41, 5.74) is 0. The van der Waals surface area contributed by atoms with Crippen molar-refractivity contribution in [3.8, 4) is 0 Å². The predicted octanol–water partition coefficient (Wildman–Crippen LogP) is 1.14. The Labute approximate surface area is 114 Å². The fourth-order valence-electron chi connectivity index (χ4n) is 3.28. The van der Waals surface area contributed by atoms with Gasteiger partial charge in [0.2, 0.25) is 0 Å². The van der Waals surface area contributed by atoms with Crippen molar-refractivity contribution in [3.05, 3.63) is 0 Å². The molecule has 1 N–H and O–H groups in total. The maximum atomic E-state index is 11.7. The predicted molar refractivity (Wildman–Crippen MR) is 72.8 cm³/mol. The van der Waals surface area contributed by atoms with Gasteiger partial charge in [-0.05, 0) is 44.6 Å². The number of sulfone groups is 1. The van der Waals surface area contributed by atoms with Crippen molar-refractivity contribution in [2.24, 2.45) is 5.92 Å². The molecule has 0 radical (unpaired) electrons. The third kappa shape index (κ3) is 4.45. The highest BCUT2D eigenvalue weighted by atomic mass is 32.2. The van der Waals surface area contributed by atoms with E-state index in [4.69, 9.17) is 5.11 Å². The van der Waals surface area contributed by atoms with Gasteiger partial charge >= 0.3 is 5.97 Å². The maximum Gasteiger partial charge on any atom is 0.303 e. The normalized spacial score (nSPS) is 32.0. The van der Waals surface area contributed by atoms with Gasteiger partial charge in [0, 0.05) is 19.0 Å². The molecule has 2 aliphatic rings. The molecule has 19 heavy (non-hydrogen) atoms. The van der Waals surface area contributed by atoms with E-state index < -0.39 is 15.8 Å². The number of carbonyl (C=O) groups is 1. The van der Waals surface area contributed by atoms with Gasteiger partial charge in [0.15, 0.2) is 9.84 Å². The molecule has 2 aliphatic heterocycles. The molecule has 2 fully saturated rings. The SMILES string of the molecule is O=C(O)CCC1CCCN(C2CCCS(=O)(=O)C2)C1. The second-order valence-electron chi connectivity index (χ2n) is 5.85. The van der Waals surface area contributed by atoms with Crippen LogP contribution in [0.15, 0.2) is 0 Å². The van der Waals surface area contributed by atoms with E-state index in [-0.39, 0.29) is 12.5 Å². The molecule has 2 heterocycles. The summed E-state index contributed by atoms with van der Waals surface area (Å²) in [6.07, 6.45) is 4.80. The van der Waals surface area contributed by atoms with Gasteiger partial charge < -0.3 is 5.11 Å². The zero-order valence-electron chi connectivity index (χ0n) is 11.3. The third-order valence-corrected chi connectivity index (χ3v) is 6.08. The lowest BCUT2D eigenvalue weighted by Crippen LogP contribution is -2.48. The molecular weight excluding hydrogens is 266 g/mol. The summed E-state index contributed by atoms with van der Waals surface area (Å²) in [6.45, 7) is 1.83. The highest BCUT2D eigenvalue weighted by Crippen LogP contribution is 2.26. The quantitative estimate of drug-likeness (QED) is 0.840. The lowest BCUT2D eigenvalue weighted by atomic mass is 9.92. The van der Waals surface area contributed by atoms with E-state index >= 15 is 0 Å². The lowest BCUT2D eigenvalue weighted by molar-refractivity contribution is -0.137. The molecule has 2 saturated heterocycles. The van der Waals surface area contributed by atoms with Crippen molar-refractivity contribution in [1.29, 1.82) is 0 Å². The first-order valence-corrected chi connectivity index (χ1v) is 8.95. The van der Waals surface area contributed by atoms with Gasteiger partial charge in [0.05, 0.1) is 11.5 Å². The van der Waals surface area contributed by atoms with Crippen LogP contribution in [0.4, 0.5) is 0 Å². The monoisotopic (exact) mass is 289 g/mol. The Hall–Kier alpha value is -0.620. The molecule has 0 aromatic heterocycles. The van der Waals surface area contributed by atoms with Crippen LogP contribution in [0.5, 0.6) is 0 Å². The van der Waals surface area contributed by atoms with Gasteiger partial charge in [-0.2, -0.15) is 0 Å². The first-order chi connectivity index (χ1) is 8.96. The van der Waals surface area contributed by atoms with Gasteiger partial charge in [0.1, 0.15) is 0 Å². The molecule has 0 aromatic rings. The summed E-state index contributed by atoms with van der Waals surface area (Å²) < 4.78 is 23.4. The molecule has 0 saturated carbocycles. The summed E-state index contributed by atoms with van der Waals surface area (Å²) in [7, 11) is -2.86. The second kappa shape index (κ2) is 6.22. The molecule has 2 atom stereocenters. The first kappa shape index (κ1) is 14.8. The minimum absolute atomic E-state index is 0.159. The van der Waals surface area contributed by atoms with E-state index in [0.717, 1.165) is 38.8 Å². The number of piperidine rings is 1. The summed E-state index contributed by atoms with van der Waals surface area (Å²) >= 11 is 0. The molecule has 0 spiro atoms. The Kier molecular flexibility index (Phi) is 4.84. The van der Waals surface area contributed by atoms with Crippen molar-refractivity contribution in [2.75, 3.05) is 24.6 Å². The van der Waals surface area contributed by atoms with Crippen LogP contribution in [0, 0.1) is 5.92 Å². The highest BCUT2D eigenvalue weighted by molar-refractivity contribution is 7.91. The van der Waals surface area contributed by atoms with Crippen molar-refractivity contribution < 1.29 is 18.3 Å². The van der Waals surface area contributed by atoms with Crippen LogP contribution in [0.25, 0.3) is 0 Å². The van der Waals surface area contributed by atoms with E-state index in [1.54, 1.807) is 0 Å². The third-order valence-electron chi connectivity index (χ3n) is 4.27. The number of aliphatic carboxylic acids is 1. The number of rotatable bonds is 4. The Balaban J connectivity index is 1.88. The maximum absolute atomic E-state index is 11.7. The van der Waals surface area contributed by atoms with E-state index in [1.807, 2.05) is 0 Å². The van der Waals surface area contributed by atoms with Crippen molar-refractivity contribution in [3.63, 3.8) is 0 Å². The molecule has 0 amide bonds.